The van der Waals surface area contributed by atoms with E-state index in [-0.39, 0.29) is 33.9 Å². The number of amides is 2. The van der Waals surface area contributed by atoms with Crippen molar-refractivity contribution >= 4 is 46.4 Å². The summed E-state index contributed by atoms with van der Waals surface area (Å²) in [6.45, 7) is 0.594. The SMILES string of the molecule is O=C(Nc1cc(OCCCCCOc2ccc(C(=O)O)c(NC(=O)c3ccc4nnnn4n3)c2)ccc1C(=O)O)c1ccc2nnnn2n1. The van der Waals surface area contributed by atoms with Gasteiger partial charge in [0.1, 0.15) is 11.5 Å². The fraction of sp³-hybridized carbons (Fsp3) is 0.172. The molecule has 4 heterocycles. The molecule has 0 saturated heterocycles. The molecule has 0 atom stereocenters. The molecule has 6 rings (SSSR count). The summed E-state index contributed by atoms with van der Waals surface area (Å²) in [5, 5.41) is 54.0. The largest absolute Gasteiger partial charge is 0.494 e. The number of nitrogens with zero attached hydrogens (tertiary/aromatic N) is 10. The van der Waals surface area contributed by atoms with E-state index in [1.165, 1.54) is 60.7 Å². The van der Waals surface area contributed by atoms with Gasteiger partial charge >= 0.3 is 11.9 Å². The standard InChI is InChI=1S/C29H24N12O8/c42-26(20-8-10-24-32-36-38-40(24)34-20)30-22-14-16(4-6-18(22)28(44)45)48-12-2-1-3-13-49-17-5-7-19(29(46)47)23(15-17)31-27(43)21-9-11-25-33-37-39-41(25)35-21/h4-11,14-15H,1-3,12-13H2,(H,30,42)(H,31,43)(H,44,45)(H,46,47). The molecule has 0 aliphatic carbocycles. The number of carbonyl (C=O) groups is 4. The zero-order valence-corrected chi connectivity index (χ0v) is 25.1. The fourth-order valence-corrected chi connectivity index (χ4v) is 4.48. The van der Waals surface area contributed by atoms with Crippen molar-refractivity contribution in [3.63, 3.8) is 0 Å². The molecule has 2 aromatic carbocycles. The quantitative estimate of drug-likeness (QED) is 0.121. The predicted octanol–water partition coefficient (Wildman–Crippen LogP) is 1.88. The third-order valence-corrected chi connectivity index (χ3v) is 6.87. The highest BCUT2D eigenvalue weighted by atomic mass is 16.5. The molecule has 0 aliphatic rings. The molecule has 0 fully saturated rings. The van der Waals surface area contributed by atoms with E-state index in [1.807, 2.05) is 0 Å². The van der Waals surface area contributed by atoms with Crippen molar-refractivity contribution in [1.29, 1.82) is 0 Å². The number of fused-ring (bicyclic) bond motifs is 2. The number of nitrogens with one attached hydrogen (secondary N) is 2. The molecule has 248 valence electrons. The minimum atomic E-state index is -1.24. The first kappa shape index (κ1) is 31.8. The summed E-state index contributed by atoms with van der Waals surface area (Å²) in [6, 6.07) is 14.3. The van der Waals surface area contributed by atoms with Crippen molar-refractivity contribution in [2.24, 2.45) is 0 Å². The van der Waals surface area contributed by atoms with Gasteiger partial charge in [0.2, 0.25) is 0 Å². The number of carboxylic acids is 2. The molecule has 20 nitrogen and oxygen atoms in total. The van der Waals surface area contributed by atoms with E-state index in [9.17, 15) is 29.4 Å². The molecule has 49 heavy (non-hydrogen) atoms. The maximum Gasteiger partial charge on any atom is 0.337 e. The first-order chi connectivity index (χ1) is 23.7. The summed E-state index contributed by atoms with van der Waals surface area (Å²) in [4.78, 5) is 49.1. The molecule has 20 heteroatoms. The lowest BCUT2D eigenvalue weighted by Gasteiger charge is -2.12. The summed E-state index contributed by atoms with van der Waals surface area (Å²) in [7, 11) is 0. The number of rotatable bonds is 14. The van der Waals surface area contributed by atoms with Crippen LogP contribution in [0.1, 0.15) is 61.0 Å². The van der Waals surface area contributed by atoms with Crippen LogP contribution in [0.2, 0.25) is 0 Å². The van der Waals surface area contributed by atoms with E-state index in [0.717, 1.165) is 9.26 Å². The highest BCUT2D eigenvalue weighted by molar-refractivity contribution is 6.07. The number of aromatic nitrogens is 10. The molecule has 4 aromatic heterocycles. The van der Waals surface area contributed by atoms with Crippen LogP contribution in [0.3, 0.4) is 0 Å². The van der Waals surface area contributed by atoms with Gasteiger partial charge < -0.3 is 30.3 Å². The number of benzene rings is 2. The topological polar surface area (TPSA) is 263 Å². The predicted molar refractivity (Wildman–Crippen MR) is 165 cm³/mol. The van der Waals surface area contributed by atoms with Gasteiger partial charge in [0.15, 0.2) is 22.7 Å². The summed E-state index contributed by atoms with van der Waals surface area (Å²) in [5.74, 6) is -3.11. The van der Waals surface area contributed by atoms with Gasteiger partial charge in [-0.05, 0) is 88.6 Å². The maximum atomic E-state index is 12.8. The van der Waals surface area contributed by atoms with Gasteiger partial charge in [0, 0.05) is 12.1 Å². The molecule has 0 aliphatic heterocycles. The van der Waals surface area contributed by atoms with Gasteiger partial charge in [0.25, 0.3) is 11.8 Å². The normalized spacial score (nSPS) is 10.9. The number of aromatic carboxylic acids is 2. The van der Waals surface area contributed by atoms with Crippen LogP contribution in [0.15, 0.2) is 60.7 Å². The van der Waals surface area contributed by atoms with Gasteiger partial charge in [-0.1, -0.05) is 0 Å². The smallest absolute Gasteiger partial charge is 0.337 e. The molecule has 0 unspecified atom stereocenters. The zero-order chi connectivity index (χ0) is 34.3. The van der Waals surface area contributed by atoms with Gasteiger partial charge in [-0.3, -0.25) is 9.59 Å². The lowest BCUT2D eigenvalue weighted by Crippen LogP contribution is -2.17. The molecule has 4 N–H and O–H groups in total. The average Bonchev–Trinajstić information content (AvgIpc) is 3.77. The van der Waals surface area contributed by atoms with Crippen molar-refractivity contribution < 1.29 is 38.9 Å². The number of carbonyl (C=O) groups excluding carboxylic acids is 2. The van der Waals surface area contributed by atoms with Crippen LogP contribution in [-0.2, 0) is 0 Å². The fourth-order valence-electron chi connectivity index (χ4n) is 4.48. The Kier molecular flexibility index (Phi) is 9.17. The molecule has 0 radical (unpaired) electrons. The number of tetrazole rings is 2. The number of carboxylic acid groups (broad SMARTS) is 2. The van der Waals surface area contributed by atoms with Crippen LogP contribution in [0.25, 0.3) is 11.3 Å². The Morgan fingerprint density at radius 2 is 1.06 bits per heavy atom. The highest BCUT2D eigenvalue weighted by Gasteiger charge is 2.18. The highest BCUT2D eigenvalue weighted by Crippen LogP contribution is 2.25. The third kappa shape index (κ3) is 7.48. The second-order valence-electron chi connectivity index (χ2n) is 10.2. The minimum absolute atomic E-state index is 0.0244. The van der Waals surface area contributed by atoms with Gasteiger partial charge in [-0.2, -0.15) is 0 Å². The molecule has 2 amide bonds. The van der Waals surface area contributed by atoms with Crippen molar-refractivity contribution in [2.75, 3.05) is 23.8 Å². The number of anilines is 2. The Morgan fingerprint density at radius 1 is 0.612 bits per heavy atom. The number of unbranched alkanes of at least 4 members (excludes halogenated alkanes) is 2. The second kappa shape index (κ2) is 14.1. The average molecular weight is 669 g/mol. The van der Waals surface area contributed by atoms with Crippen LogP contribution in [-0.4, -0.2) is 97.7 Å². The third-order valence-electron chi connectivity index (χ3n) is 6.87. The Balaban J connectivity index is 0.985. The summed E-state index contributed by atoms with van der Waals surface area (Å²) < 4.78 is 13.7. The second-order valence-corrected chi connectivity index (χ2v) is 10.2. The van der Waals surface area contributed by atoms with E-state index in [0.29, 0.717) is 55.3 Å². The van der Waals surface area contributed by atoms with Gasteiger partial charge in [0.05, 0.1) is 35.7 Å². The lowest BCUT2D eigenvalue weighted by atomic mass is 10.1. The van der Waals surface area contributed by atoms with E-state index < -0.39 is 23.8 Å². The van der Waals surface area contributed by atoms with Gasteiger partial charge in [-0.15, -0.1) is 29.7 Å². The van der Waals surface area contributed by atoms with E-state index in [1.54, 1.807) is 0 Å². The molecule has 0 saturated carbocycles. The van der Waals surface area contributed by atoms with E-state index >= 15 is 0 Å². The van der Waals surface area contributed by atoms with Crippen LogP contribution in [0.5, 0.6) is 11.5 Å². The van der Waals surface area contributed by atoms with Crippen molar-refractivity contribution in [3.05, 3.63) is 83.2 Å². The Labute approximate surface area is 273 Å². The first-order valence-electron chi connectivity index (χ1n) is 14.5. The van der Waals surface area contributed by atoms with Crippen molar-refractivity contribution in [3.8, 4) is 11.5 Å². The first-order valence-corrected chi connectivity index (χ1v) is 14.5. The summed E-state index contributed by atoms with van der Waals surface area (Å²) >= 11 is 0. The molecule has 0 bridgehead atoms. The Bertz CT molecular complexity index is 2050. The van der Waals surface area contributed by atoms with Crippen LogP contribution in [0.4, 0.5) is 11.4 Å². The van der Waals surface area contributed by atoms with Crippen LogP contribution in [0, 0.1) is 0 Å². The van der Waals surface area contributed by atoms with Crippen LogP contribution < -0.4 is 20.1 Å². The number of hydrogen-bond acceptors (Lipinski definition) is 14. The Hall–Kier alpha value is -7.12. The molecule has 0 spiro atoms. The molecular weight excluding hydrogens is 644 g/mol. The minimum Gasteiger partial charge on any atom is -0.494 e. The van der Waals surface area contributed by atoms with Gasteiger partial charge in [-0.25, -0.2) is 9.59 Å². The molecule has 6 aromatic rings. The Morgan fingerprint density at radius 3 is 1.49 bits per heavy atom. The van der Waals surface area contributed by atoms with Crippen molar-refractivity contribution in [1.82, 2.24) is 50.5 Å². The summed E-state index contributed by atoms with van der Waals surface area (Å²) in [6.07, 6.45) is 1.95. The summed E-state index contributed by atoms with van der Waals surface area (Å²) in [5.41, 5.74) is 0.397. The zero-order valence-electron chi connectivity index (χ0n) is 25.1. The number of ether oxygens (including phenoxy) is 2. The lowest BCUT2D eigenvalue weighted by molar-refractivity contribution is 0.0686. The molecular formula is C29H24N12O8. The van der Waals surface area contributed by atoms with E-state index in [4.69, 9.17) is 9.47 Å². The van der Waals surface area contributed by atoms with E-state index in [2.05, 4.69) is 51.9 Å². The number of hydrogen-bond donors (Lipinski definition) is 4. The van der Waals surface area contributed by atoms with Crippen LogP contribution >= 0.6 is 0 Å². The monoisotopic (exact) mass is 668 g/mol. The maximum absolute atomic E-state index is 12.8. The van der Waals surface area contributed by atoms with Crippen molar-refractivity contribution in [2.45, 2.75) is 19.3 Å².